The number of benzene rings is 2. The first-order valence-corrected chi connectivity index (χ1v) is 17.3. The maximum Gasteiger partial charge on any atom is 0.272 e. The largest absolute Gasteiger partial charge is 0.497 e. The molecule has 2 aromatic rings. The molecule has 0 bridgehead atoms. The number of hydrogen-bond acceptors (Lipinski definition) is 15. The van der Waals surface area contributed by atoms with Crippen LogP contribution >= 0.6 is 0 Å². The monoisotopic (exact) mass is 869 g/mol. The normalized spacial score (nSPS) is 13.9. The van der Waals surface area contributed by atoms with Crippen LogP contribution in [0, 0.1) is 21.6 Å². The highest BCUT2D eigenvalue weighted by Gasteiger charge is 2.34. The van der Waals surface area contributed by atoms with Crippen molar-refractivity contribution in [3.05, 3.63) is 65.7 Å². The molecule has 0 aliphatic heterocycles. The summed E-state index contributed by atoms with van der Waals surface area (Å²) in [7, 11) is 1.47. The molecule has 0 fully saturated rings. The van der Waals surface area contributed by atoms with Crippen LogP contribution in [0.1, 0.15) is 17.2 Å². The van der Waals surface area contributed by atoms with Gasteiger partial charge in [0, 0.05) is 6.21 Å². The molecule has 0 heterocycles. The summed E-state index contributed by atoms with van der Waals surface area (Å²) in [6.07, 6.45) is -10.8. The third-order valence-electron chi connectivity index (χ3n) is 7.40. The van der Waals surface area contributed by atoms with Gasteiger partial charge in [0.25, 0.3) is 35.4 Å². The van der Waals surface area contributed by atoms with Crippen LogP contribution in [-0.4, -0.2) is 121 Å². The number of guanidine groups is 4. The number of methoxy groups -OCH3 is 1. The molecule has 0 radical (unpaired) electrons. The number of aliphatic hydroxyl groups is 1. The van der Waals surface area contributed by atoms with Crippen LogP contribution in [0.4, 0.5) is 0 Å². The van der Waals surface area contributed by atoms with Crippen LogP contribution in [0.15, 0.2) is 59.6 Å². The molecule has 0 saturated carbocycles. The van der Waals surface area contributed by atoms with Gasteiger partial charge in [0.1, 0.15) is 11.8 Å². The minimum atomic E-state index is -2.12. The fraction of sp³-hybridized carbons (Fsp3) is 0.250. The summed E-state index contributed by atoms with van der Waals surface area (Å²) in [5.41, 5.74) is 32.6. The Hall–Kier alpha value is -8.80. The van der Waals surface area contributed by atoms with Gasteiger partial charge in [-0.1, -0.05) is 30.3 Å². The van der Waals surface area contributed by atoms with E-state index in [0.29, 0.717) is 11.3 Å². The van der Waals surface area contributed by atoms with E-state index in [2.05, 4.69) is 31.6 Å². The van der Waals surface area contributed by atoms with Gasteiger partial charge >= 0.3 is 0 Å². The number of nitrogens with one attached hydrogen (secondary N) is 14. The summed E-state index contributed by atoms with van der Waals surface area (Å²) in [5.74, 6) is -12.0. The van der Waals surface area contributed by atoms with E-state index < -0.39 is 108 Å². The van der Waals surface area contributed by atoms with Crippen LogP contribution in [-0.2, 0) is 33.6 Å². The van der Waals surface area contributed by atoms with E-state index in [0.717, 1.165) is 0 Å². The third kappa shape index (κ3) is 16.6. The van der Waals surface area contributed by atoms with Crippen molar-refractivity contribution in [2.24, 2.45) is 39.4 Å². The first-order chi connectivity index (χ1) is 29.1. The van der Waals surface area contributed by atoms with E-state index in [1.54, 1.807) is 30.3 Å². The van der Waals surface area contributed by atoms with Crippen LogP contribution < -0.4 is 92.3 Å². The lowest BCUT2D eigenvalue weighted by Gasteiger charge is -2.28. The molecule has 0 aliphatic rings. The highest BCUT2D eigenvalue weighted by molar-refractivity contribution is 6.00. The highest BCUT2D eigenvalue weighted by atomic mass is 16.5. The number of hydrogen-bond donors (Lipinski definition) is 21. The summed E-state index contributed by atoms with van der Waals surface area (Å²) in [6.45, 7) is 0. The average molecular weight is 870 g/mol. The fourth-order valence-corrected chi connectivity index (χ4v) is 4.58. The Morgan fingerprint density at radius 3 is 1.32 bits per heavy atom. The second-order valence-corrected chi connectivity index (χ2v) is 12.2. The maximum absolute atomic E-state index is 13.7. The van der Waals surface area contributed by atoms with Gasteiger partial charge in [-0.25, -0.2) is 0 Å². The van der Waals surface area contributed by atoms with Crippen LogP contribution in [0.3, 0.4) is 0 Å². The summed E-state index contributed by atoms with van der Waals surface area (Å²) < 4.78 is 5.08. The minimum Gasteiger partial charge on any atom is -0.497 e. The Kier molecular flexibility index (Phi) is 18.8. The Labute approximate surface area is 350 Å². The summed E-state index contributed by atoms with van der Waals surface area (Å²) in [6, 6.07) is 12.2. The second kappa shape index (κ2) is 23.6. The van der Waals surface area contributed by atoms with E-state index in [4.69, 9.17) is 60.8 Å². The molecule has 334 valence electrons. The lowest BCUT2D eigenvalue weighted by Crippen LogP contribution is -2.69. The first kappa shape index (κ1) is 49.3. The molecule has 30 nitrogen and oxygen atoms in total. The average Bonchev–Trinajstić information content (AvgIpc) is 3.20. The number of nitrogens with zero attached hydrogens (tertiary/aromatic N) is 1. The lowest BCUT2D eigenvalue weighted by molar-refractivity contribution is -0.136. The van der Waals surface area contributed by atoms with Crippen molar-refractivity contribution in [1.29, 1.82) is 21.6 Å². The maximum atomic E-state index is 13.7. The fourth-order valence-electron chi connectivity index (χ4n) is 4.58. The van der Waals surface area contributed by atoms with Crippen molar-refractivity contribution in [2.45, 2.75) is 43.1 Å². The number of amides is 7. The summed E-state index contributed by atoms with van der Waals surface area (Å²) >= 11 is 0. The van der Waals surface area contributed by atoms with Crippen molar-refractivity contribution in [3.63, 3.8) is 0 Å². The number of carbonyl (C=O) groups excluding carboxylic acids is 7. The van der Waals surface area contributed by atoms with Gasteiger partial charge in [-0.15, -0.1) is 0 Å². The van der Waals surface area contributed by atoms with Gasteiger partial charge in [0.15, 0.2) is 54.7 Å². The highest BCUT2D eigenvalue weighted by Crippen LogP contribution is 2.14. The third-order valence-corrected chi connectivity index (χ3v) is 7.40. The predicted octanol–water partition coefficient (Wildman–Crippen LogP) is -9.12. The van der Waals surface area contributed by atoms with Gasteiger partial charge in [-0.05, 0) is 35.4 Å². The molecule has 7 unspecified atom stereocenters. The first-order valence-electron chi connectivity index (χ1n) is 17.3. The molecule has 2 aromatic carbocycles. The molecule has 0 aromatic heterocycles. The zero-order valence-corrected chi connectivity index (χ0v) is 32.4. The molecule has 27 N–H and O–H groups in total. The zero-order chi connectivity index (χ0) is 46.7. The van der Waals surface area contributed by atoms with Crippen molar-refractivity contribution < 1.29 is 43.4 Å². The van der Waals surface area contributed by atoms with E-state index in [-0.39, 0.29) is 5.56 Å². The predicted molar refractivity (Wildman–Crippen MR) is 217 cm³/mol. The van der Waals surface area contributed by atoms with Gasteiger partial charge in [0.05, 0.1) is 7.11 Å². The topological polar surface area (TPSA) is 533 Å². The smallest absolute Gasteiger partial charge is 0.272 e. The van der Waals surface area contributed by atoms with Gasteiger partial charge in [0.2, 0.25) is 12.1 Å². The van der Waals surface area contributed by atoms with Crippen molar-refractivity contribution in [3.8, 4) is 5.75 Å². The van der Waals surface area contributed by atoms with Crippen LogP contribution in [0.2, 0.25) is 0 Å². The lowest BCUT2D eigenvalue weighted by atomic mass is 10.1. The molecular formula is C32H47N21O9. The minimum absolute atomic E-state index is 0.137. The van der Waals surface area contributed by atoms with Crippen molar-refractivity contribution in [1.82, 2.24) is 53.2 Å². The number of nitrogens with two attached hydrogens (primary N) is 6. The van der Waals surface area contributed by atoms with Crippen molar-refractivity contribution in [2.75, 3.05) is 7.11 Å². The molecule has 2 rings (SSSR count). The number of carbonyl (C=O) groups is 7. The van der Waals surface area contributed by atoms with Crippen LogP contribution in [0.5, 0.6) is 5.75 Å². The molecule has 62 heavy (non-hydrogen) atoms. The number of aliphatic imine (C=N–C) groups is 1. The van der Waals surface area contributed by atoms with E-state index in [1.807, 2.05) is 26.6 Å². The van der Waals surface area contributed by atoms with Gasteiger partial charge < -0.3 is 97.4 Å². The van der Waals surface area contributed by atoms with E-state index in [1.165, 1.54) is 37.6 Å². The Bertz CT molecular complexity index is 2030. The van der Waals surface area contributed by atoms with E-state index in [9.17, 15) is 38.7 Å². The van der Waals surface area contributed by atoms with Gasteiger partial charge in [-0.2, -0.15) is 0 Å². The molecular weight excluding hydrogens is 822 g/mol. The standard InChI is InChI=1S/C32H47N21O9/c1-62-14-9-7-12(8-10-14)11-43-27(60)28(61)44-15(13-5-3-2-4-6-13)22(55)46-19(51-30(37)38)24(57)48-21(53-32(41)42)26(59)49-20(52-31(39)40)25(58)47-18(50-29(35)36)23(56)45-16(33)17(34)54/h2-11,15-16,18-21,27,60H,33H2,1H3,(H2,34,54)(H,44,61)(H,45,56)(H,46,55)(H,47,58)(H,48,57)(H,49,59)(H4,35,36,50)(H4,37,38,51)(H4,39,40,52)(H4,41,42,53)/b43-11+. The van der Waals surface area contributed by atoms with Gasteiger partial charge in [-0.3, -0.25) is 60.2 Å². The number of rotatable bonds is 21. The molecule has 0 spiro atoms. The molecule has 0 saturated heterocycles. The molecule has 7 atom stereocenters. The number of primary amides is 1. The number of aliphatic hydroxyl groups excluding tert-OH is 1. The van der Waals surface area contributed by atoms with E-state index >= 15 is 0 Å². The molecule has 30 heteroatoms. The Morgan fingerprint density at radius 1 is 0.565 bits per heavy atom. The number of ether oxygens (including phenoxy) is 1. The van der Waals surface area contributed by atoms with Crippen LogP contribution in [0.25, 0.3) is 0 Å². The molecule has 7 amide bonds. The quantitative estimate of drug-likeness (QED) is 0.0315. The Morgan fingerprint density at radius 2 is 0.952 bits per heavy atom. The zero-order valence-electron chi connectivity index (χ0n) is 32.4. The molecule has 0 aliphatic carbocycles. The SMILES string of the molecule is COc1ccc(/C=N/C(O)C(=O)NC(C(=O)NC(NC(=N)N)C(=O)NC(NC(=N)N)C(=O)NC(NC(=N)N)C(=O)NC(NC(=N)N)C(=O)NC(N)C(N)=O)c2ccccc2)cc1. The second-order valence-electron chi connectivity index (χ2n) is 12.2. The van der Waals surface area contributed by atoms with Crippen molar-refractivity contribution >= 4 is 71.4 Å². The summed E-state index contributed by atoms with van der Waals surface area (Å²) in [4.78, 5) is 94.9. The summed E-state index contributed by atoms with van der Waals surface area (Å²) in [5, 5.41) is 61.7. The Balaban J connectivity index is 2.35.